The molecule has 31 heavy (non-hydrogen) atoms. The van der Waals surface area contributed by atoms with Crippen LogP contribution in [0.5, 0.6) is 0 Å². The molecule has 0 spiro atoms. The maximum Gasteiger partial charge on any atom is 0.296 e. The van der Waals surface area contributed by atoms with Gasteiger partial charge in [-0.1, -0.05) is 29.8 Å². The zero-order valence-electron chi connectivity index (χ0n) is 16.5. The first-order valence-corrected chi connectivity index (χ1v) is 9.49. The molecule has 1 saturated heterocycles. The lowest BCUT2D eigenvalue weighted by molar-refractivity contribution is -0.384. The predicted molar refractivity (Wildman–Crippen MR) is 111 cm³/mol. The van der Waals surface area contributed by atoms with Crippen LogP contribution in [0.25, 0.3) is 5.76 Å². The van der Waals surface area contributed by atoms with Gasteiger partial charge >= 0.3 is 0 Å². The zero-order valence-corrected chi connectivity index (χ0v) is 16.5. The van der Waals surface area contributed by atoms with Crippen molar-refractivity contribution in [3.63, 3.8) is 0 Å². The molecule has 0 aliphatic carbocycles. The minimum absolute atomic E-state index is 0.00387. The molecule has 0 bridgehead atoms. The summed E-state index contributed by atoms with van der Waals surface area (Å²) in [5.41, 5.74) is 1.64. The molecule has 1 aromatic heterocycles. The second-order valence-electron chi connectivity index (χ2n) is 7.22. The number of benzene rings is 2. The Hall–Kier alpha value is -4.20. The highest BCUT2D eigenvalue weighted by Gasteiger charge is 2.46. The van der Waals surface area contributed by atoms with Gasteiger partial charge in [0.1, 0.15) is 11.5 Å². The lowest BCUT2D eigenvalue weighted by Crippen LogP contribution is -2.29. The fourth-order valence-corrected chi connectivity index (χ4v) is 3.61. The van der Waals surface area contributed by atoms with Gasteiger partial charge in [0.25, 0.3) is 17.4 Å². The van der Waals surface area contributed by atoms with Crippen LogP contribution in [-0.2, 0) is 16.1 Å². The predicted octanol–water partition coefficient (Wildman–Crippen LogP) is 4.12. The van der Waals surface area contributed by atoms with Gasteiger partial charge < -0.3 is 14.4 Å². The Bertz CT molecular complexity index is 1180. The number of aliphatic hydroxyl groups excluding tert-OH is 1. The first kappa shape index (κ1) is 20.1. The number of ketones is 1. The summed E-state index contributed by atoms with van der Waals surface area (Å²) in [6.07, 6.45) is 1.46. The number of Topliss-reactive ketones (excluding diaryl/α,β-unsaturated/α-hetero) is 1. The average Bonchev–Trinajstić information content (AvgIpc) is 3.36. The zero-order chi connectivity index (χ0) is 22.1. The number of amides is 1. The summed E-state index contributed by atoms with van der Waals surface area (Å²) in [5, 5.41) is 22.0. The molecule has 156 valence electrons. The summed E-state index contributed by atoms with van der Waals surface area (Å²) < 4.78 is 5.33. The van der Waals surface area contributed by atoms with Crippen molar-refractivity contribution in [2.24, 2.45) is 0 Å². The highest BCUT2D eigenvalue weighted by molar-refractivity contribution is 6.46. The van der Waals surface area contributed by atoms with E-state index in [1.807, 2.05) is 6.92 Å². The van der Waals surface area contributed by atoms with Crippen LogP contribution in [0.15, 0.2) is 76.9 Å². The number of furan rings is 1. The van der Waals surface area contributed by atoms with Gasteiger partial charge in [0.15, 0.2) is 0 Å². The molecular weight excluding hydrogens is 400 g/mol. The number of nitro groups is 1. The second-order valence-corrected chi connectivity index (χ2v) is 7.22. The van der Waals surface area contributed by atoms with Gasteiger partial charge in [-0.15, -0.1) is 0 Å². The molecule has 4 rings (SSSR count). The Morgan fingerprint density at radius 2 is 1.77 bits per heavy atom. The number of likely N-dealkylation sites (tertiary alicyclic amines) is 1. The first-order chi connectivity index (χ1) is 14.9. The van der Waals surface area contributed by atoms with Crippen LogP contribution in [0.3, 0.4) is 0 Å². The topological polar surface area (TPSA) is 114 Å². The molecule has 0 saturated carbocycles. The lowest BCUT2D eigenvalue weighted by atomic mass is 9.95. The Kier molecular flexibility index (Phi) is 5.12. The average molecular weight is 418 g/mol. The van der Waals surface area contributed by atoms with Crippen molar-refractivity contribution >= 4 is 23.1 Å². The summed E-state index contributed by atoms with van der Waals surface area (Å²) in [4.78, 5) is 37.6. The molecule has 0 radical (unpaired) electrons. The van der Waals surface area contributed by atoms with Crippen molar-refractivity contribution in [2.45, 2.75) is 19.5 Å². The van der Waals surface area contributed by atoms with Crippen LogP contribution >= 0.6 is 0 Å². The number of nitro benzene ring substituents is 1. The molecule has 3 aromatic rings. The van der Waals surface area contributed by atoms with E-state index in [0.29, 0.717) is 16.9 Å². The molecule has 1 N–H and O–H groups in total. The van der Waals surface area contributed by atoms with E-state index in [1.54, 1.807) is 36.4 Å². The van der Waals surface area contributed by atoms with Gasteiger partial charge in [-0.2, -0.15) is 0 Å². The molecule has 0 unspecified atom stereocenters. The quantitative estimate of drug-likeness (QED) is 0.219. The summed E-state index contributed by atoms with van der Waals surface area (Å²) in [5.74, 6) is -1.45. The molecular formula is C23H18N2O6. The molecule has 1 aliphatic heterocycles. The van der Waals surface area contributed by atoms with E-state index < -0.39 is 22.7 Å². The molecule has 2 aromatic carbocycles. The second kappa shape index (κ2) is 7.91. The Balaban J connectivity index is 1.85. The van der Waals surface area contributed by atoms with Crippen LogP contribution in [0.4, 0.5) is 5.69 Å². The summed E-state index contributed by atoms with van der Waals surface area (Å²) >= 11 is 0. The molecule has 1 amide bonds. The SMILES string of the molecule is Cc1ccc(/C(O)=C2\C(=O)C(=O)N(Cc3ccco3)[C@@H]2c2ccc([N+](=O)[O-])cc2)cc1. The Labute approximate surface area is 177 Å². The number of aliphatic hydroxyl groups is 1. The third-order valence-corrected chi connectivity index (χ3v) is 5.19. The Morgan fingerprint density at radius 1 is 1.10 bits per heavy atom. The van der Waals surface area contributed by atoms with Crippen molar-refractivity contribution < 1.29 is 24.0 Å². The molecule has 2 heterocycles. The maximum absolute atomic E-state index is 12.9. The first-order valence-electron chi connectivity index (χ1n) is 9.49. The number of hydrogen-bond donors (Lipinski definition) is 1. The van der Waals surface area contributed by atoms with Gasteiger partial charge in [0.05, 0.1) is 29.3 Å². The fraction of sp³-hybridized carbons (Fsp3) is 0.130. The minimum atomic E-state index is -0.924. The molecule has 8 nitrogen and oxygen atoms in total. The largest absolute Gasteiger partial charge is 0.507 e. The van der Waals surface area contributed by atoms with Gasteiger partial charge in [0, 0.05) is 17.7 Å². The van der Waals surface area contributed by atoms with Crippen molar-refractivity contribution in [3.05, 3.63) is 105 Å². The third-order valence-electron chi connectivity index (χ3n) is 5.19. The van der Waals surface area contributed by atoms with E-state index in [-0.39, 0.29) is 23.6 Å². The standard InChI is InChI=1S/C23H18N2O6/c1-14-4-6-16(7-5-14)21(26)19-20(15-8-10-17(11-9-15)25(29)30)24(23(28)22(19)27)13-18-3-2-12-31-18/h2-12,20,26H,13H2,1H3/b21-19+/t20-/m1/s1. The smallest absolute Gasteiger partial charge is 0.296 e. The number of hydrogen-bond acceptors (Lipinski definition) is 6. The molecule has 1 atom stereocenters. The van der Waals surface area contributed by atoms with E-state index >= 15 is 0 Å². The normalized spacial score (nSPS) is 17.8. The molecule has 8 heteroatoms. The highest BCUT2D eigenvalue weighted by atomic mass is 16.6. The number of carbonyl (C=O) groups excluding carboxylic acids is 2. The van der Waals surface area contributed by atoms with Gasteiger partial charge in [0.2, 0.25) is 0 Å². The maximum atomic E-state index is 12.9. The van der Waals surface area contributed by atoms with E-state index in [1.165, 1.54) is 35.4 Å². The Morgan fingerprint density at radius 3 is 2.35 bits per heavy atom. The number of non-ortho nitro benzene ring substituents is 1. The third kappa shape index (κ3) is 3.71. The van der Waals surface area contributed by atoms with E-state index in [4.69, 9.17) is 4.42 Å². The van der Waals surface area contributed by atoms with Crippen molar-refractivity contribution in [3.8, 4) is 0 Å². The van der Waals surface area contributed by atoms with Crippen molar-refractivity contribution in [1.82, 2.24) is 4.90 Å². The summed E-state index contributed by atoms with van der Waals surface area (Å²) in [6.45, 7) is 1.90. The van der Waals surface area contributed by atoms with E-state index in [9.17, 15) is 24.8 Å². The van der Waals surface area contributed by atoms with Crippen molar-refractivity contribution in [2.75, 3.05) is 0 Å². The van der Waals surface area contributed by atoms with E-state index in [2.05, 4.69) is 0 Å². The number of aryl methyl sites for hydroxylation is 1. The highest BCUT2D eigenvalue weighted by Crippen LogP contribution is 2.40. The number of carbonyl (C=O) groups is 2. The van der Waals surface area contributed by atoms with Crippen LogP contribution in [0, 0.1) is 17.0 Å². The number of nitrogens with zero attached hydrogens (tertiary/aromatic N) is 2. The molecule has 1 aliphatic rings. The van der Waals surface area contributed by atoms with Gasteiger partial charge in [-0.05, 0) is 36.8 Å². The van der Waals surface area contributed by atoms with Crippen molar-refractivity contribution in [1.29, 1.82) is 0 Å². The van der Waals surface area contributed by atoms with Crippen LogP contribution in [-0.4, -0.2) is 26.6 Å². The fourth-order valence-electron chi connectivity index (χ4n) is 3.61. The summed E-state index contributed by atoms with van der Waals surface area (Å²) in [6, 6.07) is 14.9. The van der Waals surface area contributed by atoms with E-state index in [0.717, 1.165) is 5.56 Å². The number of rotatable bonds is 5. The van der Waals surface area contributed by atoms with Crippen LogP contribution in [0.1, 0.15) is 28.5 Å². The summed E-state index contributed by atoms with van der Waals surface area (Å²) in [7, 11) is 0. The van der Waals surface area contributed by atoms with Crippen LogP contribution in [0.2, 0.25) is 0 Å². The monoisotopic (exact) mass is 418 g/mol. The molecule has 1 fully saturated rings. The van der Waals surface area contributed by atoms with Gasteiger partial charge in [-0.25, -0.2) is 0 Å². The van der Waals surface area contributed by atoms with Crippen LogP contribution < -0.4 is 0 Å². The minimum Gasteiger partial charge on any atom is -0.507 e. The lowest BCUT2D eigenvalue weighted by Gasteiger charge is -2.24. The van der Waals surface area contributed by atoms with Gasteiger partial charge in [-0.3, -0.25) is 19.7 Å².